The van der Waals surface area contributed by atoms with E-state index in [1.165, 1.54) is 18.4 Å². The van der Waals surface area contributed by atoms with Crippen molar-refractivity contribution in [2.75, 3.05) is 20.3 Å². The fraction of sp³-hybridized carbons (Fsp3) is 0.421. The lowest BCUT2D eigenvalue weighted by molar-refractivity contribution is -0.123. The van der Waals surface area contributed by atoms with Crippen LogP contribution in [-0.4, -0.2) is 26.2 Å². The molecule has 1 amide bonds. The van der Waals surface area contributed by atoms with Gasteiger partial charge in [-0.2, -0.15) is 11.3 Å². The predicted molar refractivity (Wildman–Crippen MR) is 96.0 cm³/mol. The van der Waals surface area contributed by atoms with Crippen LogP contribution in [0.1, 0.15) is 31.2 Å². The van der Waals surface area contributed by atoms with Crippen molar-refractivity contribution >= 4 is 17.2 Å². The largest absolute Gasteiger partial charge is 0.493 e. The molecule has 4 nitrogen and oxygen atoms in total. The van der Waals surface area contributed by atoms with Crippen molar-refractivity contribution in [3.8, 4) is 11.5 Å². The summed E-state index contributed by atoms with van der Waals surface area (Å²) in [5.74, 6) is 1.13. The Kier molecular flexibility index (Phi) is 5.41. The fourth-order valence-electron chi connectivity index (χ4n) is 3.39. The first-order chi connectivity index (χ1) is 11.7. The Morgan fingerprint density at radius 2 is 1.96 bits per heavy atom. The number of amides is 1. The van der Waals surface area contributed by atoms with Gasteiger partial charge in [-0.3, -0.25) is 4.79 Å². The van der Waals surface area contributed by atoms with Crippen LogP contribution in [0.15, 0.2) is 41.1 Å². The van der Waals surface area contributed by atoms with Crippen molar-refractivity contribution in [3.05, 3.63) is 46.7 Å². The summed E-state index contributed by atoms with van der Waals surface area (Å²) >= 11 is 1.72. The Balaban J connectivity index is 1.55. The van der Waals surface area contributed by atoms with Crippen molar-refractivity contribution in [2.24, 2.45) is 0 Å². The molecule has 0 atom stereocenters. The molecular formula is C19H23NO3S. The van der Waals surface area contributed by atoms with E-state index < -0.39 is 0 Å². The minimum Gasteiger partial charge on any atom is -0.493 e. The van der Waals surface area contributed by atoms with Crippen LogP contribution in [-0.2, 0) is 10.2 Å². The quantitative estimate of drug-likeness (QED) is 0.831. The Morgan fingerprint density at radius 3 is 2.62 bits per heavy atom. The lowest BCUT2D eigenvalue weighted by Gasteiger charge is -2.28. The maximum Gasteiger partial charge on any atom is 0.257 e. The molecule has 1 saturated carbocycles. The number of nitrogens with one attached hydrogen (secondary N) is 1. The van der Waals surface area contributed by atoms with Crippen LogP contribution in [0, 0.1) is 0 Å². The van der Waals surface area contributed by atoms with Crippen molar-refractivity contribution in [1.29, 1.82) is 0 Å². The van der Waals surface area contributed by atoms with Crippen molar-refractivity contribution < 1.29 is 14.3 Å². The fourth-order valence-corrected chi connectivity index (χ4v) is 4.16. The maximum atomic E-state index is 12.2. The minimum atomic E-state index is -0.0950. The molecular weight excluding hydrogens is 322 g/mol. The van der Waals surface area contributed by atoms with Gasteiger partial charge in [0.15, 0.2) is 18.1 Å². The lowest BCUT2D eigenvalue weighted by atomic mass is 9.80. The highest BCUT2D eigenvalue weighted by atomic mass is 32.1. The number of carbonyl (C=O) groups is 1. The standard InChI is InChI=1S/C19H23NO3S/c1-22-16-6-2-3-7-17(16)23-12-18(21)20-14-19(9-4-5-10-19)15-8-11-24-13-15/h2-3,6-8,11,13H,4-5,9-10,12,14H2,1H3,(H,20,21). The van der Waals surface area contributed by atoms with Crippen LogP contribution in [0.5, 0.6) is 11.5 Å². The van der Waals surface area contributed by atoms with Gasteiger partial charge in [-0.1, -0.05) is 25.0 Å². The molecule has 3 rings (SSSR count). The summed E-state index contributed by atoms with van der Waals surface area (Å²) in [5, 5.41) is 7.39. The van der Waals surface area contributed by atoms with Crippen LogP contribution in [0.25, 0.3) is 0 Å². The van der Waals surface area contributed by atoms with E-state index in [4.69, 9.17) is 9.47 Å². The number of methoxy groups -OCH3 is 1. The van der Waals surface area contributed by atoms with Crippen molar-refractivity contribution in [1.82, 2.24) is 5.32 Å². The summed E-state index contributed by atoms with van der Waals surface area (Å²) in [4.78, 5) is 12.2. The molecule has 1 aromatic carbocycles. The molecule has 1 heterocycles. The van der Waals surface area contributed by atoms with Gasteiger partial charge in [0.05, 0.1) is 7.11 Å². The van der Waals surface area contributed by atoms with Crippen LogP contribution in [0.4, 0.5) is 0 Å². The molecule has 1 aromatic heterocycles. The van der Waals surface area contributed by atoms with E-state index >= 15 is 0 Å². The molecule has 0 radical (unpaired) electrons. The van der Waals surface area contributed by atoms with E-state index in [1.54, 1.807) is 24.5 Å². The van der Waals surface area contributed by atoms with Crippen molar-refractivity contribution in [2.45, 2.75) is 31.1 Å². The van der Waals surface area contributed by atoms with E-state index in [0.717, 1.165) is 12.8 Å². The first-order valence-electron chi connectivity index (χ1n) is 8.29. The molecule has 0 unspecified atom stereocenters. The molecule has 1 fully saturated rings. The van der Waals surface area contributed by atoms with Gasteiger partial charge in [0.1, 0.15) is 0 Å². The van der Waals surface area contributed by atoms with Gasteiger partial charge in [-0.25, -0.2) is 0 Å². The molecule has 0 bridgehead atoms. The van der Waals surface area contributed by atoms with Gasteiger partial charge >= 0.3 is 0 Å². The number of ether oxygens (including phenoxy) is 2. The second-order valence-corrected chi connectivity index (χ2v) is 7.00. The highest BCUT2D eigenvalue weighted by Crippen LogP contribution is 2.41. The molecule has 5 heteroatoms. The Morgan fingerprint density at radius 1 is 1.21 bits per heavy atom. The first kappa shape index (κ1) is 16.8. The predicted octanol–water partition coefficient (Wildman–Crippen LogP) is 3.76. The molecule has 2 aromatic rings. The topological polar surface area (TPSA) is 47.6 Å². The number of hydrogen-bond donors (Lipinski definition) is 1. The smallest absolute Gasteiger partial charge is 0.257 e. The number of para-hydroxylation sites is 2. The minimum absolute atomic E-state index is 0.0000895. The second-order valence-electron chi connectivity index (χ2n) is 6.22. The summed E-state index contributed by atoms with van der Waals surface area (Å²) in [6, 6.07) is 9.54. The summed E-state index contributed by atoms with van der Waals surface area (Å²) < 4.78 is 10.8. The molecule has 1 N–H and O–H groups in total. The van der Waals surface area contributed by atoms with Gasteiger partial charge in [-0.05, 0) is 47.4 Å². The third-order valence-corrected chi connectivity index (χ3v) is 5.43. The highest BCUT2D eigenvalue weighted by molar-refractivity contribution is 7.08. The molecule has 0 saturated heterocycles. The van der Waals surface area contributed by atoms with Crippen molar-refractivity contribution in [3.63, 3.8) is 0 Å². The van der Waals surface area contributed by atoms with Gasteiger partial charge in [0.2, 0.25) is 0 Å². The van der Waals surface area contributed by atoms with Gasteiger partial charge in [0.25, 0.3) is 5.91 Å². The number of rotatable bonds is 7. The van der Waals surface area contributed by atoms with Crippen LogP contribution >= 0.6 is 11.3 Å². The third-order valence-electron chi connectivity index (χ3n) is 4.75. The zero-order valence-electron chi connectivity index (χ0n) is 13.9. The zero-order valence-corrected chi connectivity index (χ0v) is 14.7. The van der Waals surface area contributed by atoms with Crippen LogP contribution in [0.2, 0.25) is 0 Å². The van der Waals surface area contributed by atoms with Gasteiger partial charge < -0.3 is 14.8 Å². The third kappa shape index (κ3) is 3.73. The molecule has 1 aliphatic carbocycles. The number of carbonyl (C=O) groups excluding carboxylic acids is 1. The molecule has 1 aliphatic rings. The second kappa shape index (κ2) is 7.71. The lowest BCUT2D eigenvalue weighted by Crippen LogP contribution is -2.40. The van der Waals surface area contributed by atoms with Gasteiger partial charge in [0, 0.05) is 12.0 Å². The van der Waals surface area contributed by atoms with E-state index in [1.807, 2.05) is 18.2 Å². The molecule has 0 spiro atoms. The van der Waals surface area contributed by atoms with E-state index in [9.17, 15) is 4.79 Å². The summed E-state index contributed by atoms with van der Waals surface area (Å²) in [7, 11) is 1.59. The summed E-state index contributed by atoms with van der Waals surface area (Å²) in [5.41, 5.74) is 1.45. The SMILES string of the molecule is COc1ccccc1OCC(=O)NCC1(c2ccsc2)CCCC1. The highest BCUT2D eigenvalue weighted by Gasteiger charge is 2.36. The number of hydrogen-bond acceptors (Lipinski definition) is 4. The van der Waals surface area contributed by atoms with E-state index in [-0.39, 0.29) is 17.9 Å². The maximum absolute atomic E-state index is 12.2. The van der Waals surface area contributed by atoms with Crippen LogP contribution in [0.3, 0.4) is 0 Å². The summed E-state index contributed by atoms with van der Waals surface area (Å²) in [6.45, 7) is 0.679. The van der Waals surface area contributed by atoms with E-state index in [0.29, 0.717) is 18.0 Å². The number of benzene rings is 1. The molecule has 128 valence electrons. The Hall–Kier alpha value is -2.01. The monoisotopic (exact) mass is 345 g/mol. The molecule has 0 aliphatic heterocycles. The Labute approximate surface area is 146 Å². The Bertz CT molecular complexity index is 663. The average molecular weight is 345 g/mol. The first-order valence-corrected chi connectivity index (χ1v) is 9.23. The van der Waals surface area contributed by atoms with Gasteiger partial charge in [-0.15, -0.1) is 0 Å². The summed E-state index contributed by atoms with van der Waals surface area (Å²) in [6.07, 6.45) is 4.72. The zero-order chi connectivity index (χ0) is 16.8. The normalized spacial score (nSPS) is 15.9. The average Bonchev–Trinajstić information content (AvgIpc) is 3.30. The van der Waals surface area contributed by atoms with Crippen LogP contribution < -0.4 is 14.8 Å². The van der Waals surface area contributed by atoms with E-state index in [2.05, 4.69) is 22.1 Å². The number of thiophene rings is 1. The molecule has 24 heavy (non-hydrogen) atoms.